The molecule has 0 rings (SSSR count). The maximum absolute atomic E-state index is 13.0. The van der Waals surface area contributed by atoms with Gasteiger partial charge in [-0.25, -0.2) is 0 Å². The van der Waals surface area contributed by atoms with Crippen molar-refractivity contribution in [3.05, 3.63) is 97.2 Å². The molecule has 0 amide bonds. The number of carbonyl (C=O) groups is 3. The van der Waals surface area contributed by atoms with Crippen LogP contribution in [0.25, 0.3) is 0 Å². The fourth-order valence-corrected chi connectivity index (χ4v) is 9.85. The molecule has 0 aromatic carbocycles. The Hall–Kier alpha value is -3.67. The molecule has 0 spiro atoms. The summed E-state index contributed by atoms with van der Waals surface area (Å²) in [5.74, 6) is -0.890. The molecule has 81 heavy (non-hydrogen) atoms. The highest BCUT2D eigenvalue weighted by Gasteiger charge is 2.19. The van der Waals surface area contributed by atoms with Crippen LogP contribution in [0.1, 0.15) is 342 Å². The predicted molar refractivity (Wildman–Crippen MR) is 353 cm³/mol. The number of hydrogen-bond donors (Lipinski definition) is 0. The molecule has 0 saturated carbocycles. The Kier molecular flexibility index (Phi) is 65.7. The molecule has 0 fully saturated rings. The minimum Gasteiger partial charge on any atom is -0.462 e. The van der Waals surface area contributed by atoms with Crippen LogP contribution in [0.4, 0.5) is 0 Å². The van der Waals surface area contributed by atoms with Crippen LogP contribution in [0, 0.1) is 0 Å². The van der Waals surface area contributed by atoms with E-state index in [9.17, 15) is 14.4 Å². The summed E-state index contributed by atoms with van der Waals surface area (Å²) in [5.41, 5.74) is 0. The molecule has 0 saturated heterocycles. The Labute approximate surface area is 502 Å². The summed E-state index contributed by atoms with van der Waals surface area (Å²) in [5, 5.41) is 0. The van der Waals surface area contributed by atoms with E-state index >= 15 is 0 Å². The van der Waals surface area contributed by atoms with Crippen LogP contribution in [0.15, 0.2) is 97.2 Å². The van der Waals surface area contributed by atoms with Gasteiger partial charge in [0.15, 0.2) is 6.10 Å². The molecular formula is C75H130O6. The zero-order valence-electron chi connectivity index (χ0n) is 53.5. The third-order valence-electron chi connectivity index (χ3n) is 15.0. The van der Waals surface area contributed by atoms with Gasteiger partial charge in [0.25, 0.3) is 0 Å². The molecule has 0 heterocycles. The number of ether oxygens (including phenoxy) is 3. The summed E-state index contributed by atoms with van der Waals surface area (Å²) in [7, 11) is 0. The van der Waals surface area contributed by atoms with Crippen molar-refractivity contribution in [1.29, 1.82) is 0 Å². The maximum Gasteiger partial charge on any atom is 0.306 e. The number of rotatable bonds is 63. The van der Waals surface area contributed by atoms with Gasteiger partial charge in [0.05, 0.1) is 0 Å². The maximum atomic E-state index is 13.0. The number of allylic oxidation sites excluding steroid dienone is 16. The Morgan fingerprint density at radius 2 is 0.481 bits per heavy atom. The van der Waals surface area contributed by atoms with Gasteiger partial charge in [-0.05, 0) is 122 Å². The summed E-state index contributed by atoms with van der Waals surface area (Å²) in [6.45, 7) is 6.53. The van der Waals surface area contributed by atoms with Gasteiger partial charge in [-0.1, -0.05) is 298 Å². The normalized spacial score (nSPS) is 12.7. The average molecular weight is 1130 g/mol. The van der Waals surface area contributed by atoms with E-state index in [1.54, 1.807) is 0 Å². The molecule has 1 atom stereocenters. The smallest absolute Gasteiger partial charge is 0.306 e. The third kappa shape index (κ3) is 67.0. The average Bonchev–Trinajstić information content (AvgIpc) is 3.47. The van der Waals surface area contributed by atoms with Crippen LogP contribution in [0.3, 0.4) is 0 Å². The number of carbonyl (C=O) groups excluding carboxylic acids is 3. The number of esters is 3. The minimum absolute atomic E-state index is 0.0837. The number of hydrogen-bond acceptors (Lipinski definition) is 6. The van der Waals surface area contributed by atoms with Crippen LogP contribution in [-0.2, 0) is 28.6 Å². The van der Waals surface area contributed by atoms with Crippen molar-refractivity contribution in [2.24, 2.45) is 0 Å². The first-order chi connectivity index (χ1) is 40.0. The first-order valence-electron chi connectivity index (χ1n) is 34.7. The van der Waals surface area contributed by atoms with E-state index in [0.29, 0.717) is 19.3 Å². The largest absolute Gasteiger partial charge is 0.462 e. The lowest BCUT2D eigenvalue weighted by Crippen LogP contribution is -2.30. The fourth-order valence-electron chi connectivity index (χ4n) is 9.85. The zero-order valence-corrected chi connectivity index (χ0v) is 53.5. The lowest BCUT2D eigenvalue weighted by molar-refractivity contribution is -0.167. The Balaban J connectivity index is 4.36. The van der Waals surface area contributed by atoms with E-state index in [1.165, 1.54) is 193 Å². The van der Waals surface area contributed by atoms with E-state index < -0.39 is 6.10 Å². The predicted octanol–water partition coefficient (Wildman–Crippen LogP) is 24.0. The van der Waals surface area contributed by atoms with Crippen molar-refractivity contribution < 1.29 is 28.6 Å². The second-order valence-corrected chi connectivity index (χ2v) is 23.1. The van der Waals surface area contributed by atoms with Gasteiger partial charge in [-0.3, -0.25) is 14.4 Å². The van der Waals surface area contributed by atoms with Crippen LogP contribution >= 0.6 is 0 Å². The third-order valence-corrected chi connectivity index (χ3v) is 15.0. The fraction of sp³-hybridized carbons (Fsp3) is 0.747. The Bertz CT molecular complexity index is 1580. The highest BCUT2D eigenvalue weighted by molar-refractivity contribution is 5.71. The van der Waals surface area contributed by atoms with Gasteiger partial charge >= 0.3 is 17.9 Å². The summed E-state index contributed by atoms with van der Waals surface area (Å²) >= 11 is 0. The van der Waals surface area contributed by atoms with Crippen molar-refractivity contribution in [2.45, 2.75) is 348 Å². The highest BCUT2D eigenvalue weighted by atomic mass is 16.6. The molecule has 466 valence electrons. The molecule has 6 nitrogen and oxygen atoms in total. The van der Waals surface area contributed by atoms with E-state index in [2.05, 4.69) is 118 Å². The number of unbranched alkanes of at least 4 members (excludes halogenated alkanes) is 36. The van der Waals surface area contributed by atoms with Crippen molar-refractivity contribution >= 4 is 17.9 Å². The van der Waals surface area contributed by atoms with Gasteiger partial charge in [0, 0.05) is 19.3 Å². The molecule has 0 aromatic rings. The van der Waals surface area contributed by atoms with Gasteiger partial charge in [-0.15, -0.1) is 0 Å². The second-order valence-electron chi connectivity index (χ2n) is 23.1. The van der Waals surface area contributed by atoms with Crippen molar-refractivity contribution in [2.75, 3.05) is 13.2 Å². The van der Waals surface area contributed by atoms with Crippen LogP contribution < -0.4 is 0 Å². The standard InChI is InChI=1S/C75H130O6/c1-4-7-10-13-16-19-22-25-28-30-32-34-36-37-39-40-42-44-47-50-53-56-59-62-65-68-74(77)80-71-72(70-79-73(76)67-64-61-58-55-52-49-46-27-24-21-18-15-12-9-6-3)81-75(78)69-66-63-60-57-54-51-48-45-43-41-38-35-33-31-29-26-23-20-17-14-11-8-5-2/h8,11,17,20,22,25-27,29-30,32-33,35,41,43,46,72H,4-7,9-10,12-16,18-19,21,23-24,28,31,34,36-40,42,44-45,47-71H2,1-3H3/b11-8-,20-17-,25-22-,29-26-,32-30-,35-33-,43-41-,46-27-. The van der Waals surface area contributed by atoms with Gasteiger partial charge in [-0.2, -0.15) is 0 Å². The van der Waals surface area contributed by atoms with Crippen molar-refractivity contribution in [1.82, 2.24) is 0 Å². The van der Waals surface area contributed by atoms with E-state index in [4.69, 9.17) is 14.2 Å². The van der Waals surface area contributed by atoms with E-state index in [0.717, 1.165) is 109 Å². The van der Waals surface area contributed by atoms with Crippen LogP contribution in [-0.4, -0.2) is 37.2 Å². The summed E-state index contributed by atoms with van der Waals surface area (Å²) in [4.78, 5) is 38.4. The molecule has 0 aromatic heterocycles. The Morgan fingerprint density at radius 3 is 0.765 bits per heavy atom. The summed E-state index contributed by atoms with van der Waals surface area (Å²) in [6.07, 6.45) is 92.8. The monoisotopic (exact) mass is 1130 g/mol. The molecule has 0 radical (unpaired) electrons. The summed E-state index contributed by atoms with van der Waals surface area (Å²) < 4.78 is 17.0. The molecule has 0 aliphatic rings. The highest BCUT2D eigenvalue weighted by Crippen LogP contribution is 2.17. The van der Waals surface area contributed by atoms with Gasteiger partial charge < -0.3 is 14.2 Å². The second kappa shape index (κ2) is 68.8. The molecule has 6 heteroatoms. The molecule has 0 aliphatic heterocycles. The van der Waals surface area contributed by atoms with Gasteiger partial charge in [0.1, 0.15) is 13.2 Å². The first-order valence-corrected chi connectivity index (χ1v) is 34.7. The van der Waals surface area contributed by atoms with Crippen LogP contribution in [0.5, 0.6) is 0 Å². The molecule has 0 aliphatic carbocycles. The topological polar surface area (TPSA) is 78.9 Å². The molecule has 0 N–H and O–H groups in total. The zero-order chi connectivity index (χ0) is 58.5. The summed E-state index contributed by atoms with van der Waals surface area (Å²) in [6, 6.07) is 0. The van der Waals surface area contributed by atoms with E-state index in [1.807, 2.05) is 0 Å². The van der Waals surface area contributed by atoms with Gasteiger partial charge in [0.2, 0.25) is 0 Å². The van der Waals surface area contributed by atoms with Crippen LogP contribution in [0.2, 0.25) is 0 Å². The van der Waals surface area contributed by atoms with Crippen molar-refractivity contribution in [3.63, 3.8) is 0 Å². The Morgan fingerprint density at radius 1 is 0.259 bits per heavy atom. The SMILES string of the molecule is CC/C=C\C/C=C\C/C=C\C/C=C\C/C=C\CCCCCCCCCC(=O)OC(COC(=O)CCCCCCC/C=C\CCCCCCCC)COC(=O)CCCCCCCCCCCCCCC/C=C\C/C=C\CCCCCCC. The van der Waals surface area contributed by atoms with Crippen molar-refractivity contribution in [3.8, 4) is 0 Å². The molecule has 0 bridgehead atoms. The molecule has 1 unspecified atom stereocenters. The quantitative estimate of drug-likeness (QED) is 0.0261. The first kappa shape index (κ1) is 77.3. The van der Waals surface area contributed by atoms with E-state index in [-0.39, 0.29) is 31.1 Å². The minimum atomic E-state index is -0.790. The lowest BCUT2D eigenvalue weighted by Gasteiger charge is -2.18. The molecular weight excluding hydrogens is 997 g/mol. The lowest BCUT2D eigenvalue weighted by atomic mass is 10.0.